The number of thiophene rings is 1. The Morgan fingerprint density at radius 1 is 1.38 bits per heavy atom. The van der Waals surface area contributed by atoms with Crippen molar-refractivity contribution in [2.45, 2.75) is 56.2 Å². The number of aryl methyl sites for hydroxylation is 3. The molecule has 0 spiro atoms. The maximum absolute atomic E-state index is 11.3. The number of nitrogens with zero attached hydrogens (tertiary/aromatic N) is 2. The summed E-state index contributed by atoms with van der Waals surface area (Å²) in [4.78, 5) is 22.9. The lowest BCUT2D eigenvalue weighted by Gasteiger charge is -2.13. The van der Waals surface area contributed by atoms with Gasteiger partial charge in [0.05, 0.1) is 0 Å². The molecular formula is C15H18N2O2S2. The quantitative estimate of drug-likeness (QED) is 0.684. The van der Waals surface area contributed by atoms with Crippen LogP contribution in [0.25, 0.3) is 10.2 Å². The third-order valence-electron chi connectivity index (χ3n) is 3.79. The number of rotatable bonds is 4. The first-order valence-corrected chi connectivity index (χ1v) is 8.98. The fourth-order valence-corrected chi connectivity index (χ4v) is 5.18. The van der Waals surface area contributed by atoms with Crippen LogP contribution in [0.15, 0.2) is 5.03 Å². The highest BCUT2D eigenvalue weighted by Crippen LogP contribution is 2.40. The van der Waals surface area contributed by atoms with Gasteiger partial charge in [-0.25, -0.2) is 9.97 Å². The molecular weight excluding hydrogens is 304 g/mol. The van der Waals surface area contributed by atoms with Crippen LogP contribution in [0.1, 0.15) is 42.5 Å². The molecule has 0 radical (unpaired) electrons. The van der Waals surface area contributed by atoms with Gasteiger partial charge in [0.1, 0.15) is 20.9 Å². The van der Waals surface area contributed by atoms with Crippen molar-refractivity contribution in [2.24, 2.45) is 0 Å². The van der Waals surface area contributed by atoms with Crippen molar-refractivity contribution in [1.29, 1.82) is 0 Å². The second-order valence-corrected chi connectivity index (χ2v) is 7.60. The molecule has 2 heterocycles. The number of fused-ring (bicyclic) bond motifs is 3. The fraction of sp³-hybridized carbons (Fsp3) is 0.533. The van der Waals surface area contributed by atoms with E-state index in [1.165, 1.54) is 35.0 Å². The molecule has 0 aliphatic heterocycles. The molecule has 2 aromatic heterocycles. The van der Waals surface area contributed by atoms with E-state index in [0.717, 1.165) is 33.9 Å². The lowest BCUT2D eigenvalue weighted by atomic mass is 9.97. The molecule has 0 saturated heterocycles. The summed E-state index contributed by atoms with van der Waals surface area (Å²) in [7, 11) is 0. The zero-order chi connectivity index (χ0) is 15.0. The second-order valence-electron chi connectivity index (χ2n) is 5.32. The van der Waals surface area contributed by atoms with Gasteiger partial charge in [-0.3, -0.25) is 4.79 Å². The molecule has 0 aromatic carbocycles. The van der Waals surface area contributed by atoms with Crippen LogP contribution in [0.4, 0.5) is 0 Å². The SMILES string of the molecule is CCC(Sc1nc(C)nc2sc3c(c12)CCCC3)C(=O)O. The normalized spacial score (nSPS) is 15.9. The van der Waals surface area contributed by atoms with Crippen molar-refractivity contribution >= 4 is 39.3 Å². The molecule has 1 aliphatic rings. The number of aliphatic carboxylic acids is 1. The van der Waals surface area contributed by atoms with Crippen LogP contribution in [0.3, 0.4) is 0 Å². The predicted octanol–water partition coefficient (Wildman–Crippen LogP) is 3.83. The van der Waals surface area contributed by atoms with Crippen LogP contribution in [0.5, 0.6) is 0 Å². The van der Waals surface area contributed by atoms with E-state index in [-0.39, 0.29) is 0 Å². The summed E-state index contributed by atoms with van der Waals surface area (Å²) >= 11 is 3.13. The van der Waals surface area contributed by atoms with Gasteiger partial charge in [-0.05, 0) is 44.6 Å². The van der Waals surface area contributed by atoms with Gasteiger partial charge in [-0.15, -0.1) is 11.3 Å². The second kappa shape index (κ2) is 5.93. The summed E-state index contributed by atoms with van der Waals surface area (Å²) in [5.41, 5.74) is 1.36. The molecule has 0 fully saturated rings. The molecule has 21 heavy (non-hydrogen) atoms. The standard InChI is InChI=1S/C15H18N2O2S2/c1-3-10(15(18)19)20-13-12-9-6-4-5-7-11(9)21-14(12)17-8(2)16-13/h10H,3-7H2,1-2H3,(H,18,19). The molecule has 1 unspecified atom stereocenters. The molecule has 6 heteroatoms. The monoisotopic (exact) mass is 322 g/mol. The minimum atomic E-state index is -0.768. The van der Waals surface area contributed by atoms with E-state index >= 15 is 0 Å². The van der Waals surface area contributed by atoms with Gasteiger partial charge in [0.2, 0.25) is 0 Å². The third kappa shape index (κ3) is 2.79. The van der Waals surface area contributed by atoms with E-state index in [2.05, 4.69) is 9.97 Å². The summed E-state index contributed by atoms with van der Waals surface area (Å²) in [6.45, 7) is 3.78. The van der Waals surface area contributed by atoms with Gasteiger partial charge in [-0.1, -0.05) is 18.7 Å². The van der Waals surface area contributed by atoms with Crippen molar-refractivity contribution in [3.05, 3.63) is 16.3 Å². The van der Waals surface area contributed by atoms with Crippen LogP contribution in [0.2, 0.25) is 0 Å². The van der Waals surface area contributed by atoms with E-state index in [1.54, 1.807) is 11.3 Å². The molecule has 4 nitrogen and oxygen atoms in total. The Balaban J connectivity index is 2.12. The Morgan fingerprint density at radius 2 is 2.14 bits per heavy atom. The van der Waals surface area contributed by atoms with E-state index in [4.69, 9.17) is 0 Å². The van der Waals surface area contributed by atoms with Crippen LogP contribution >= 0.6 is 23.1 Å². The maximum Gasteiger partial charge on any atom is 0.317 e. The Labute approximate surface area is 132 Å². The van der Waals surface area contributed by atoms with Gasteiger partial charge in [0.25, 0.3) is 0 Å². The van der Waals surface area contributed by atoms with Crippen LogP contribution < -0.4 is 0 Å². The molecule has 3 rings (SSSR count). The topological polar surface area (TPSA) is 63.1 Å². The molecule has 112 valence electrons. The average Bonchev–Trinajstić information content (AvgIpc) is 2.81. The minimum absolute atomic E-state index is 0.443. The smallest absolute Gasteiger partial charge is 0.317 e. The number of hydrogen-bond donors (Lipinski definition) is 1. The zero-order valence-corrected chi connectivity index (χ0v) is 13.8. The third-order valence-corrected chi connectivity index (χ3v) is 6.32. The van der Waals surface area contributed by atoms with Gasteiger partial charge < -0.3 is 5.11 Å². The van der Waals surface area contributed by atoms with Crippen molar-refractivity contribution in [3.8, 4) is 0 Å². The summed E-state index contributed by atoms with van der Waals surface area (Å²) < 4.78 is 0. The largest absolute Gasteiger partial charge is 0.480 e. The van der Waals surface area contributed by atoms with Crippen molar-refractivity contribution in [1.82, 2.24) is 9.97 Å². The predicted molar refractivity (Wildman–Crippen MR) is 86.4 cm³/mol. The molecule has 2 aromatic rings. The highest BCUT2D eigenvalue weighted by molar-refractivity contribution is 8.00. The van der Waals surface area contributed by atoms with Gasteiger partial charge in [0.15, 0.2) is 0 Å². The molecule has 1 aliphatic carbocycles. The van der Waals surface area contributed by atoms with Crippen molar-refractivity contribution in [3.63, 3.8) is 0 Å². The Kier molecular flexibility index (Phi) is 4.17. The maximum atomic E-state index is 11.3. The summed E-state index contributed by atoms with van der Waals surface area (Å²) in [6, 6.07) is 0. The first-order chi connectivity index (χ1) is 10.1. The van der Waals surface area contributed by atoms with E-state index in [9.17, 15) is 9.90 Å². The van der Waals surface area contributed by atoms with Crippen molar-refractivity contribution < 1.29 is 9.90 Å². The highest BCUT2D eigenvalue weighted by atomic mass is 32.2. The Hall–Kier alpha value is -1.14. The number of aromatic nitrogens is 2. The fourth-order valence-electron chi connectivity index (χ4n) is 2.75. The number of hydrogen-bond acceptors (Lipinski definition) is 5. The molecule has 0 bridgehead atoms. The molecule has 1 atom stereocenters. The lowest BCUT2D eigenvalue weighted by molar-refractivity contribution is -0.136. The average molecular weight is 322 g/mol. The van der Waals surface area contributed by atoms with Gasteiger partial charge in [-0.2, -0.15) is 0 Å². The molecule has 1 N–H and O–H groups in total. The summed E-state index contributed by atoms with van der Waals surface area (Å²) in [5, 5.41) is 10.8. The van der Waals surface area contributed by atoms with Crippen molar-refractivity contribution in [2.75, 3.05) is 0 Å². The highest BCUT2D eigenvalue weighted by Gasteiger charge is 2.24. The number of carboxylic acids is 1. The summed E-state index contributed by atoms with van der Waals surface area (Å²) in [5.74, 6) is -0.0418. The van der Waals surface area contributed by atoms with Gasteiger partial charge in [0, 0.05) is 10.3 Å². The van der Waals surface area contributed by atoms with E-state index < -0.39 is 11.2 Å². The molecule has 0 saturated carbocycles. The van der Waals surface area contributed by atoms with E-state index in [0.29, 0.717) is 6.42 Å². The number of carbonyl (C=O) groups is 1. The van der Waals surface area contributed by atoms with Crippen LogP contribution in [0, 0.1) is 6.92 Å². The Bertz CT molecular complexity index is 697. The number of thioether (sulfide) groups is 1. The minimum Gasteiger partial charge on any atom is -0.480 e. The lowest BCUT2D eigenvalue weighted by Crippen LogP contribution is -2.15. The zero-order valence-electron chi connectivity index (χ0n) is 12.2. The first-order valence-electron chi connectivity index (χ1n) is 7.28. The Morgan fingerprint density at radius 3 is 2.86 bits per heavy atom. The van der Waals surface area contributed by atoms with E-state index in [1.807, 2.05) is 13.8 Å². The molecule has 0 amide bonds. The number of carboxylic acid groups (broad SMARTS) is 1. The van der Waals surface area contributed by atoms with Gasteiger partial charge >= 0.3 is 5.97 Å². The summed E-state index contributed by atoms with van der Waals surface area (Å²) in [6.07, 6.45) is 5.22. The van der Waals surface area contributed by atoms with Crippen LogP contribution in [-0.2, 0) is 17.6 Å². The first kappa shape index (κ1) is 14.8. The van der Waals surface area contributed by atoms with Crippen LogP contribution in [-0.4, -0.2) is 26.3 Å².